The molecule has 1 fully saturated rings. The van der Waals surface area contributed by atoms with E-state index in [0.29, 0.717) is 5.92 Å². The lowest BCUT2D eigenvalue weighted by molar-refractivity contribution is 0.0702. The Bertz CT molecular complexity index is 586. The van der Waals surface area contributed by atoms with Gasteiger partial charge < -0.3 is 5.11 Å². The van der Waals surface area contributed by atoms with Crippen molar-refractivity contribution in [3.8, 4) is 0 Å². The van der Waals surface area contributed by atoms with Crippen LogP contribution in [0.4, 0.5) is 0 Å². The Kier molecular flexibility index (Phi) is 5.40. The van der Waals surface area contributed by atoms with Crippen molar-refractivity contribution >= 4 is 27.3 Å². The van der Waals surface area contributed by atoms with E-state index >= 15 is 0 Å². The fourth-order valence-electron chi connectivity index (χ4n) is 2.79. The molecule has 1 aromatic rings. The van der Waals surface area contributed by atoms with E-state index < -0.39 is 16.0 Å². The molecule has 0 amide bonds. The Morgan fingerprint density at radius 3 is 2.48 bits per heavy atom. The topological polar surface area (TPSA) is 83.5 Å². The van der Waals surface area contributed by atoms with Gasteiger partial charge in [-0.05, 0) is 31.7 Å². The van der Waals surface area contributed by atoms with Gasteiger partial charge in [0.15, 0.2) is 0 Å². The molecule has 0 bridgehead atoms. The molecule has 5 nitrogen and oxygen atoms in total. The number of hydrogen-bond acceptors (Lipinski definition) is 4. The van der Waals surface area contributed by atoms with Gasteiger partial charge in [-0.15, -0.1) is 11.3 Å². The monoisotopic (exact) mass is 331 g/mol. The van der Waals surface area contributed by atoms with Gasteiger partial charge in [0.25, 0.3) is 0 Å². The fraction of sp³-hybridized carbons (Fsp3) is 0.643. The molecule has 0 aromatic carbocycles. The molecular formula is C14H21NO4S2. The number of carbonyl (C=O) groups is 1. The molecule has 0 unspecified atom stereocenters. The Morgan fingerprint density at radius 1 is 1.33 bits per heavy atom. The number of rotatable bonds is 5. The molecule has 1 heterocycles. The van der Waals surface area contributed by atoms with Crippen molar-refractivity contribution in [3.63, 3.8) is 0 Å². The van der Waals surface area contributed by atoms with Gasteiger partial charge in [0.2, 0.25) is 10.0 Å². The van der Waals surface area contributed by atoms with E-state index in [1.165, 1.54) is 24.3 Å². The number of carboxylic acid groups (broad SMARTS) is 1. The fourth-order valence-corrected chi connectivity index (χ4v) is 5.22. The zero-order valence-electron chi connectivity index (χ0n) is 12.0. The lowest BCUT2D eigenvalue weighted by Gasteiger charge is -2.23. The highest BCUT2D eigenvalue weighted by Gasteiger charge is 2.25. The van der Waals surface area contributed by atoms with Crippen LogP contribution in [0.5, 0.6) is 0 Å². The molecule has 2 rings (SSSR count). The molecular weight excluding hydrogens is 310 g/mol. The van der Waals surface area contributed by atoms with Crippen LogP contribution in [0.1, 0.15) is 55.1 Å². The van der Waals surface area contributed by atoms with Crippen LogP contribution >= 0.6 is 11.3 Å². The van der Waals surface area contributed by atoms with Gasteiger partial charge in [-0.1, -0.05) is 25.7 Å². The number of hydrogen-bond donors (Lipinski definition) is 2. The largest absolute Gasteiger partial charge is 0.477 e. The normalized spacial score (nSPS) is 19.1. The number of thiophene rings is 1. The minimum atomic E-state index is -3.64. The molecule has 1 aliphatic carbocycles. The van der Waals surface area contributed by atoms with Crippen molar-refractivity contribution in [3.05, 3.63) is 16.3 Å². The Labute approximate surface area is 129 Å². The van der Waals surface area contributed by atoms with Crippen molar-refractivity contribution in [2.75, 3.05) is 0 Å². The molecule has 7 heteroatoms. The Balaban J connectivity index is 2.06. The summed E-state index contributed by atoms with van der Waals surface area (Å²) in [5, 5.41) is 10.3. The maximum atomic E-state index is 12.3. The zero-order chi connectivity index (χ0) is 15.5. The summed E-state index contributed by atoms with van der Waals surface area (Å²) in [5.41, 5.74) is 0. The number of nitrogens with one attached hydrogen (secondary N) is 1. The van der Waals surface area contributed by atoms with E-state index in [-0.39, 0.29) is 15.8 Å². The molecule has 1 aromatic heterocycles. The third-order valence-electron chi connectivity index (χ3n) is 4.04. The Hall–Kier alpha value is -0.920. The van der Waals surface area contributed by atoms with E-state index in [1.807, 2.05) is 6.92 Å². The molecule has 21 heavy (non-hydrogen) atoms. The number of carboxylic acids is 1. The van der Waals surface area contributed by atoms with Gasteiger partial charge in [-0.3, -0.25) is 0 Å². The average Bonchev–Trinajstić information content (AvgIpc) is 2.76. The first kappa shape index (κ1) is 16.5. The second kappa shape index (κ2) is 6.89. The maximum absolute atomic E-state index is 12.3. The highest BCUT2D eigenvalue weighted by atomic mass is 32.2. The summed E-state index contributed by atoms with van der Waals surface area (Å²) in [6.45, 7) is 1.90. The predicted molar refractivity (Wildman–Crippen MR) is 82.3 cm³/mol. The second-order valence-electron chi connectivity index (χ2n) is 5.61. The van der Waals surface area contributed by atoms with E-state index in [0.717, 1.165) is 37.0 Å². The first-order valence-electron chi connectivity index (χ1n) is 7.24. The third-order valence-corrected chi connectivity index (χ3v) is 6.65. The zero-order valence-corrected chi connectivity index (χ0v) is 13.7. The molecule has 0 spiro atoms. The first-order valence-corrected chi connectivity index (χ1v) is 9.60. The van der Waals surface area contributed by atoms with Gasteiger partial charge in [0.1, 0.15) is 4.88 Å². The second-order valence-corrected chi connectivity index (χ2v) is 8.24. The van der Waals surface area contributed by atoms with Crippen LogP contribution in [0, 0.1) is 5.92 Å². The van der Waals surface area contributed by atoms with E-state index in [2.05, 4.69) is 4.72 Å². The van der Waals surface area contributed by atoms with Crippen LogP contribution in [-0.2, 0) is 10.0 Å². The molecule has 1 atom stereocenters. The minimum Gasteiger partial charge on any atom is -0.477 e. The van der Waals surface area contributed by atoms with Crippen LogP contribution in [-0.4, -0.2) is 25.5 Å². The number of sulfonamides is 1. The lowest BCUT2D eigenvalue weighted by atomic mass is 9.94. The Morgan fingerprint density at radius 2 is 1.95 bits per heavy atom. The number of aromatic carboxylic acids is 1. The molecule has 1 aliphatic rings. The minimum absolute atomic E-state index is 0.0393. The van der Waals surface area contributed by atoms with Crippen molar-refractivity contribution in [2.45, 2.75) is 56.4 Å². The van der Waals surface area contributed by atoms with Crippen LogP contribution in [0.3, 0.4) is 0 Å². The molecule has 0 saturated heterocycles. The van der Waals surface area contributed by atoms with Gasteiger partial charge in [0, 0.05) is 11.4 Å². The quantitative estimate of drug-likeness (QED) is 0.812. The summed E-state index contributed by atoms with van der Waals surface area (Å²) in [7, 11) is -3.64. The van der Waals surface area contributed by atoms with Crippen molar-refractivity contribution in [2.24, 2.45) is 5.92 Å². The van der Waals surface area contributed by atoms with E-state index in [9.17, 15) is 13.2 Å². The lowest BCUT2D eigenvalue weighted by Crippen LogP contribution is -2.37. The smallest absolute Gasteiger partial charge is 0.345 e. The third kappa shape index (κ3) is 4.28. The van der Waals surface area contributed by atoms with Crippen molar-refractivity contribution < 1.29 is 18.3 Å². The standard InChI is InChI=1S/C14H21NO4S2/c1-10(11-6-4-2-3-5-7-11)15-21(18,19)12-8-13(14(16)17)20-9-12/h8-11,15H,2-7H2,1H3,(H,16,17)/t10-/m1/s1. The van der Waals surface area contributed by atoms with Crippen LogP contribution in [0.15, 0.2) is 16.3 Å². The van der Waals surface area contributed by atoms with Crippen LogP contribution in [0.25, 0.3) is 0 Å². The molecule has 0 radical (unpaired) electrons. The molecule has 2 N–H and O–H groups in total. The average molecular weight is 331 g/mol. The summed E-state index contributed by atoms with van der Waals surface area (Å²) >= 11 is 0.932. The van der Waals surface area contributed by atoms with Crippen LogP contribution in [0.2, 0.25) is 0 Å². The first-order chi connectivity index (χ1) is 9.90. The molecule has 118 valence electrons. The van der Waals surface area contributed by atoms with Crippen molar-refractivity contribution in [1.82, 2.24) is 4.72 Å². The summed E-state index contributed by atoms with van der Waals surface area (Å²) in [4.78, 5) is 10.9. The summed E-state index contributed by atoms with van der Waals surface area (Å²) in [5.74, 6) is -0.738. The summed E-state index contributed by atoms with van der Waals surface area (Å²) in [6, 6.07) is 1.09. The highest BCUT2D eigenvalue weighted by Crippen LogP contribution is 2.27. The van der Waals surface area contributed by atoms with Gasteiger partial charge in [-0.25, -0.2) is 17.9 Å². The van der Waals surface area contributed by atoms with Gasteiger partial charge in [-0.2, -0.15) is 0 Å². The maximum Gasteiger partial charge on any atom is 0.345 e. The molecule has 1 saturated carbocycles. The van der Waals surface area contributed by atoms with Crippen LogP contribution < -0.4 is 4.72 Å². The van der Waals surface area contributed by atoms with Gasteiger partial charge in [0.05, 0.1) is 4.90 Å². The van der Waals surface area contributed by atoms with Gasteiger partial charge >= 0.3 is 5.97 Å². The van der Waals surface area contributed by atoms with Crippen molar-refractivity contribution in [1.29, 1.82) is 0 Å². The molecule has 0 aliphatic heterocycles. The van der Waals surface area contributed by atoms with E-state index in [4.69, 9.17) is 5.11 Å². The summed E-state index contributed by atoms with van der Waals surface area (Å²) < 4.78 is 27.3. The highest BCUT2D eigenvalue weighted by molar-refractivity contribution is 7.89. The SMILES string of the molecule is C[C@@H](NS(=O)(=O)c1csc(C(=O)O)c1)C1CCCCCC1. The predicted octanol–water partition coefficient (Wildman–Crippen LogP) is 3.08. The van der Waals surface area contributed by atoms with E-state index in [1.54, 1.807) is 0 Å². The summed E-state index contributed by atoms with van der Waals surface area (Å²) in [6.07, 6.45) is 6.85.